The van der Waals surface area contributed by atoms with E-state index in [0.29, 0.717) is 22.8 Å². The Morgan fingerprint density at radius 2 is 1.39 bits per heavy atom. The summed E-state index contributed by atoms with van der Waals surface area (Å²) in [5.41, 5.74) is 0.636. The summed E-state index contributed by atoms with van der Waals surface area (Å²) in [7, 11) is -3.02. The van der Waals surface area contributed by atoms with Crippen LogP contribution in [0.5, 0.6) is 28.7 Å². The molecule has 0 unspecified atom stereocenters. The zero-order valence-corrected chi connectivity index (χ0v) is 25.0. The Bertz CT molecular complexity index is 1090. The first kappa shape index (κ1) is 32.3. The van der Waals surface area contributed by atoms with Gasteiger partial charge in [0, 0.05) is 76.7 Å². The second kappa shape index (κ2) is 14.0. The molecular formula is C19H23Na2O10PS. The summed E-state index contributed by atoms with van der Waals surface area (Å²) in [5.74, 6) is 0.503. The minimum absolute atomic E-state index is 0. The number of sulfone groups is 1. The fourth-order valence-electron chi connectivity index (χ4n) is 2.66. The molecule has 2 aromatic carbocycles. The van der Waals surface area contributed by atoms with E-state index in [1.165, 1.54) is 52.7 Å². The summed E-state index contributed by atoms with van der Waals surface area (Å²) in [4.78, 5) is 18.1. The van der Waals surface area contributed by atoms with Crippen LogP contribution < -0.4 is 23.5 Å². The number of hydrogen-bond donors (Lipinski definition) is 2. The van der Waals surface area contributed by atoms with E-state index < -0.39 is 23.4 Å². The van der Waals surface area contributed by atoms with Crippen LogP contribution in [0.25, 0.3) is 6.08 Å². The van der Waals surface area contributed by atoms with Crippen LogP contribution >= 0.6 is 7.82 Å². The van der Waals surface area contributed by atoms with Gasteiger partial charge in [-0.15, -0.1) is 0 Å². The van der Waals surface area contributed by atoms with Crippen molar-refractivity contribution >= 4 is 82.9 Å². The average molecular weight is 520 g/mol. The Balaban J connectivity index is 0.00000512. The minimum atomic E-state index is -4.86. The molecule has 0 aliphatic rings. The molecule has 172 valence electrons. The third-order valence-corrected chi connectivity index (χ3v) is 5.73. The van der Waals surface area contributed by atoms with E-state index in [4.69, 9.17) is 28.7 Å². The van der Waals surface area contributed by atoms with Gasteiger partial charge in [-0.1, -0.05) is 6.07 Å². The van der Waals surface area contributed by atoms with Crippen LogP contribution in [-0.2, 0) is 20.2 Å². The Morgan fingerprint density at radius 1 is 0.848 bits per heavy atom. The molecule has 0 aliphatic heterocycles. The van der Waals surface area contributed by atoms with Crippen LogP contribution in [0, 0.1) is 0 Å². The molecule has 0 aromatic heterocycles. The Labute approximate surface area is 237 Å². The first-order valence-corrected chi connectivity index (χ1v) is 11.9. The molecule has 0 aliphatic carbocycles. The summed E-state index contributed by atoms with van der Waals surface area (Å²) in [5, 5.41) is 0.994. The van der Waals surface area contributed by atoms with E-state index in [1.54, 1.807) is 12.1 Å². The second-order valence-electron chi connectivity index (χ2n) is 6.12. The van der Waals surface area contributed by atoms with Crippen molar-refractivity contribution in [2.45, 2.75) is 5.75 Å². The van der Waals surface area contributed by atoms with Crippen LogP contribution in [0.3, 0.4) is 0 Å². The van der Waals surface area contributed by atoms with E-state index in [-0.39, 0.29) is 76.2 Å². The van der Waals surface area contributed by atoms with E-state index in [1.807, 2.05) is 0 Å². The van der Waals surface area contributed by atoms with Gasteiger partial charge >= 0.3 is 7.82 Å². The Morgan fingerprint density at radius 3 is 1.85 bits per heavy atom. The van der Waals surface area contributed by atoms with Gasteiger partial charge in [0.1, 0.15) is 17.2 Å². The number of phosphoric acid groups is 1. The molecule has 2 aromatic rings. The number of methoxy groups -OCH3 is 4. The fraction of sp³-hybridized carbons (Fsp3) is 0.263. The van der Waals surface area contributed by atoms with Crippen LogP contribution in [0.2, 0.25) is 0 Å². The molecule has 10 nitrogen and oxygen atoms in total. The van der Waals surface area contributed by atoms with Gasteiger partial charge in [0.2, 0.25) is 0 Å². The largest absolute Gasteiger partial charge is 0.524 e. The zero-order chi connectivity index (χ0) is 23.2. The van der Waals surface area contributed by atoms with Crippen molar-refractivity contribution in [1.29, 1.82) is 0 Å². The zero-order valence-electron chi connectivity index (χ0n) is 19.3. The Kier molecular flexibility index (Phi) is 13.7. The molecule has 0 spiro atoms. The van der Waals surface area contributed by atoms with Crippen molar-refractivity contribution in [3.05, 3.63) is 46.9 Å². The van der Waals surface area contributed by atoms with Crippen LogP contribution in [-0.4, -0.2) is 106 Å². The summed E-state index contributed by atoms with van der Waals surface area (Å²) in [6.45, 7) is 0. The van der Waals surface area contributed by atoms with Gasteiger partial charge < -0.3 is 23.5 Å². The van der Waals surface area contributed by atoms with Crippen molar-refractivity contribution in [1.82, 2.24) is 0 Å². The normalized spacial score (nSPS) is 11.2. The first-order valence-electron chi connectivity index (χ1n) is 8.64. The van der Waals surface area contributed by atoms with Crippen molar-refractivity contribution in [3.63, 3.8) is 0 Å². The van der Waals surface area contributed by atoms with Crippen LogP contribution in [0.1, 0.15) is 11.1 Å². The number of rotatable bonds is 10. The van der Waals surface area contributed by atoms with Crippen LogP contribution in [0.15, 0.2) is 35.7 Å². The summed E-state index contributed by atoms with van der Waals surface area (Å²) >= 11 is 0. The molecule has 0 atom stereocenters. The summed E-state index contributed by atoms with van der Waals surface area (Å²) in [6, 6.07) is 7.17. The molecule has 14 heteroatoms. The summed E-state index contributed by atoms with van der Waals surface area (Å²) in [6.07, 6.45) is 1.34. The van der Waals surface area contributed by atoms with E-state index >= 15 is 0 Å². The molecule has 0 saturated heterocycles. The Hall–Kier alpha value is -0.720. The molecule has 0 saturated carbocycles. The van der Waals surface area contributed by atoms with Gasteiger partial charge in [0.25, 0.3) is 0 Å². The van der Waals surface area contributed by atoms with Gasteiger partial charge in [-0.3, -0.25) is 9.79 Å². The molecule has 0 fully saturated rings. The molecule has 0 bridgehead atoms. The topological polar surface area (TPSA) is 138 Å². The molecule has 2 rings (SSSR count). The SMILES string of the molecule is COc1cc(OC)c(C=CS(=O)(=O)Cc2ccc(OC)c(OP(=O)(O)O)c2)c(OC)c1.[Na].[Na]. The number of phosphoric ester groups is 1. The maximum Gasteiger partial charge on any atom is 0.524 e. The monoisotopic (exact) mass is 520 g/mol. The standard InChI is InChI=1S/C19H23O10PS.2Na/c1-25-14-10-17(27-3)15(18(11-14)28-4)7-8-31(23,24)12-13-5-6-16(26-2)19(9-13)29-30(20,21)22;;/h5-11H,12H2,1-4H3,(H2,20,21,22);;. The minimum Gasteiger partial charge on any atom is -0.496 e. The predicted octanol–water partition coefficient (Wildman–Crippen LogP) is 2.02. The maximum atomic E-state index is 12.6. The fourth-order valence-corrected chi connectivity index (χ4v) is 4.14. The second-order valence-corrected chi connectivity index (χ2v) is 9.17. The van der Waals surface area contributed by atoms with Gasteiger partial charge in [-0.05, 0) is 23.8 Å². The average Bonchev–Trinajstić information content (AvgIpc) is 2.70. The molecule has 2 N–H and O–H groups in total. The third-order valence-electron chi connectivity index (χ3n) is 4.01. The van der Waals surface area contributed by atoms with Crippen molar-refractivity contribution in [2.24, 2.45) is 0 Å². The van der Waals surface area contributed by atoms with Crippen molar-refractivity contribution < 1.29 is 46.2 Å². The van der Waals surface area contributed by atoms with Crippen molar-refractivity contribution in [3.8, 4) is 28.7 Å². The summed E-state index contributed by atoms with van der Waals surface area (Å²) < 4.78 is 61.7. The van der Waals surface area contributed by atoms with E-state index in [9.17, 15) is 13.0 Å². The third kappa shape index (κ3) is 9.81. The molecule has 33 heavy (non-hydrogen) atoms. The molecule has 0 heterocycles. The quantitative estimate of drug-likeness (QED) is 0.354. The van der Waals surface area contributed by atoms with Crippen molar-refractivity contribution in [2.75, 3.05) is 28.4 Å². The van der Waals surface area contributed by atoms with Gasteiger partial charge in [0.05, 0.1) is 39.8 Å². The molecule has 0 amide bonds. The predicted molar refractivity (Wildman–Crippen MR) is 125 cm³/mol. The number of benzene rings is 2. The molecule has 2 radical (unpaired) electrons. The van der Waals surface area contributed by atoms with Crippen LogP contribution in [0.4, 0.5) is 0 Å². The van der Waals surface area contributed by atoms with Gasteiger partial charge in [0.15, 0.2) is 21.3 Å². The van der Waals surface area contributed by atoms with E-state index in [2.05, 4.69) is 4.52 Å². The van der Waals surface area contributed by atoms with E-state index in [0.717, 1.165) is 5.41 Å². The number of ether oxygens (including phenoxy) is 4. The van der Waals surface area contributed by atoms with Gasteiger partial charge in [-0.2, -0.15) is 0 Å². The van der Waals surface area contributed by atoms with Gasteiger partial charge in [-0.25, -0.2) is 13.0 Å². The first-order chi connectivity index (χ1) is 14.5. The molecular weight excluding hydrogens is 497 g/mol. The number of hydrogen-bond acceptors (Lipinski definition) is 8. The smallest absolute Gasteiger partial charge is 0.496 e. The maximum absolute atomic E-state index is 12.6.